The summed E-state index contributed by atoms with van der Waals surface area (Å²) in [5, 5.41) is 2.98. The summed E-state index contributed by atoms with van der Waals surface area (Å²) in [6.45, 7) is 2.97. The number of amides is 2. The molecule has 2 amide bonds. The topological polar surface area (TPSA) is 84.7 Å². The molecule has 0 spiro atoms. The number of benzene rings is 3. The van der Waals surface area contributed by atoms with Crippen molar-refractivity contribution in [1.29, 1.82) is 0 Å². The van der Waals surface area contributed by atoms with Crippen LogP contribution in [0.1, 0.15) is 36.0 Å². The van der Waals surface area contributed by atoms with Gasteiger partial charge in [0.1, 0.15) is 23.6 Å². The molecule has 1 aliphatic heterocycles. The van der Waals surface area contributed by atoms with E-state index in [2.05, 4.69) is 5.32 Å². The molecule has 1 heterocycles. The Bertz CT molecular complexity index is 1110. The molecule has 0 unspecified atom stereocenters. The molecular formula is C29H33N3O3. The Labute approximate surface area is 207 Å². The maximum atomic E-state index is 13.6. The van der Waals surface area contributed by atoms with E-state index in [-0.39, 0.29) is 11.8 Å². The third kappa shape index (κ3) is 6.49. The van der Waals surface area contributed by atoms with Gasteiger partial charge in [-0.1, -0.05) is 60.2 Å². The average Bonchev–Trinajstić information content (AvgIpc) is 2.87. The Morgan fingerprint density at radius 1 is 0.857 bits per heavy atom. The van der Waals surface area contributed by atoms with Gasteiger partial charge in [0.15, 0.2) is 0 Å². The first kappa shape index (κ1) is 24.5. The zero-order chi connectivity index (χ0) is 24.6. The summed E-state index contributed by atoms with van der Waals surface area (Å²) in [4.78, 5) is 28.4. The fourth-order valence-electron chi connectivity index (χ4n) is 4.36. The summed E-state index contributed by atoms with van der Waals surface area (Å²) in [6, 6.07) is 24.3. The van der Waals surface area contributed by atoms with Gasteiger partial charge in [-0.2, -0.15) is 0 Å². The van der Waals surface area contributed by atoms with Crippen molar-refractivity contribution in [2.45, 2.75) is 51.2 Å². The number of aryl methyl sites for hydroxylation is 1. The summed E-state index contributed by atoms with van der Waals surface area (Å²) >= 11 is 0. The molecule has 182 valence electrons. The van der Waals surface area contributed by atoms with Gasteiger partial charge in [0, 0.05) is 13.0 Å². The first-order valence-corrected chi connectivity index (χ1v) is 12.2. The molecule has 3 aromatic carbocycles. The molecular weight excluding hydrogens is 438 g/mol. The van der Waals surface area contributed by atoms with Crippen LogP contribution >= 0.6 is 0 Å². The number of carbonyl (C=O) groups excluding carboxylic acids is 2. The molecule has 0 bridgehead atoms. The van der Waals surface area contributed by atoms with E-state index < -0.39 is 12.1 Å². The Kier molecular flexibility index (Phi) is 8.16. The summed E-state index contributed by atoms with van der Waals surface area (Å²) < 4.78 is 5.88. The number of nitrogens with zero attached hydrogens (tertiary/aromatic N) is 1. The van der Waals surface area contributed by atoms with Gasteiger partial charge in [0.2, 0.25) is 11.8 Å². The molecule has 0 aromatic heterocycles. The van der Waals surface area contributed by atoms with Crippen molar-refractivity contribution >= 4 is 11.8 Å². The van der Waals surface area contributed by atoms with Crippen LogP contribution in [0.4, 0.5) is 0 Å². The van der Waals surface area contributed by atoms with E-state index in [9.17, 15) is 9.59 Å². The Morgan fingerprint density at radius 2 is 1.51 bits per heavy atom. The van der Waals surface area contributed by atoms with Crippen molar-refractivity contribution in [3.63, 3.8) is 0 Å². The van der Waals surface area contributed by atoms with Crippen molar-refractivity contribution in [3.8, 4) is 11.5 Å². The van der Waals surface area contributed by atoms with E-state index >= 15 is 0 Å². The normalized spacial score (nSPS) is 17.8. The number of rotatable bonds is 10. The summed E-state index contributed by atoms with van der Waals surface area (Å²) in [5.74, 6) is 1.34. The number of hydrogen-bond donors (Lipinski definition) is 2. The average molecular weight is 472 g/mol. The van der Waals surface area contributed by atoms with E-state index in [1.54, 1.807) is 4.90 Å². The number of nitrogens with one attached hydrogen (secondary N) is 1. The molecule has 1 saturated heterocycles. The summed E-state index contributed by atoms with van der Waals surface area (Å²) in [5.41, 5.74) is 8.80. The lowest BCUT2D eigenvalue weighted by Crippen LogP contribution is -2.63. The highest BCUT2D eigenvalue weighted by molar-refractivity contribution is 5.97. The minimum atomic E-state index is -0.573. The second-order valence-corrected chi connectivity index (χ2v) is 9.08. The second kappa shape index (κ2) is 11.7. The number of unbranched alkanes of at least 4 members (excludes halogenated alkanes) is 1. The number of piperazine rings is 1. The second-order valence-electron chi connectivity index (χ2n) is 9.08. The first-order chi connectivity index (χ1) is 17.0. The van der Waals surface area contributed by atoms with Crippen LogP contribution in [-0.4, -0.2) is 35.3 Å². The third-order valence-electron chi connectivity index (χ3n) is 6.32. The SMILES string of the molecule is Cc1ccc(C[C@@H]2NC(=O)[C@H](CCCCN)N(Cc3ccc(Oc4ccccc4)cc3)C2=O)cc1. The lowest BCUT2D eigenvalue weighted by molar-refractivity contribution is -0.150. The third-order valence-corrected chi connectivity index (χ3v) is 6.32. The predicted octanol–water partition coefficient (Wildman–Crippen LogP) is 4.35. The van der Waals surface area contributed by atoms with Crippen LogP contribution in [0.3, 0.4) is 0 Å². The number of nitrogens with two attached hydrogens (primary N) is 1. The number of carbonyl (C=O) groups is 2. The van der Waals surface area contributed by atoms with Crippen molar-refractivity contribution in [1.82, 2.24) is 10.2 Å². The van der Waals surface area contributed by atoms with Crippen LogP contribution in [0.15, 0.2) is 78.9 Å². The quantitative estimate of drug-likeness (QED) is 0.431. The lowest BCUT2D eigenvalue weighted by Gasteiger charge is -2.39. The maximum Gasteiger partial charge on any atom is 0.246 e. The van der Waals surface area contributed by atoms with Gasteiger partial charge < -0.3 is 20.7 Å². The molecule has 35 heavy (non-hydrogen) atoms. The molecule has 6 nitrogen and oxygen atoms in total. The summed E-state index contributed by atoms with van der Waals surface area (Å²) in [7, 11) is 0. The van der Waals surface area contributed by atoms with Crippen LogP contribution in [0.25, 0.3) is 0 Å². The smallest absolute Gasteiger partial charge is 0.246 e. The van der Waals surface area contributed by atoms with E-state index in [0.717, 1.165) is 41.0 Å². The molecule has 0 saturated carbocycles. The molecule has 0 aliphatic carbocycles. The molecule has 6 heteroatoms. The van der Waals surface area contributed by atoms with Gasteiger partial charge in [0.25, 0.3) is 0 Å². The molecule has 0 radical (unpaired) electrons. The van der Waals surface area contributed by atoms with Gasteiger partial charge >= 0.3 is 0 Å². The van der Waals surface area contributed by atoms with Gasteiger partial charge in [-0.05, 0) is 68.1 Å². The maximum absolute atomic E-state index is 13.6. The highest BCUT2D eigenvalue weighted by atomic mass is 16.5. The van der Waals surface area contributed by atoms with Crippen molar-refractivity contribution < 1.29 is 14.3 Å². The number of para-hydroxylation sites is 1. The van der Waals surface area contributed by atoms with Crippen LogP contribution in [0, 0.1) is 6.92 Å². The monoisotopic (exact) mass is 471 g/mol. The molecule has 4 rings (SSSR count). The Hall–Kier alpha value is -3.64. The Morgan fingerprint density at radius 3 is 2.20 bits per heavy atom. The zero-order valence-electron chi connectivity index (χ0n) is 20.2. The van der Waals surface area contributed by atoms with Crippen molar-refractivity contribution in [2.75, 3.05) is 6.54 Å². The minimum Gasteiger partial charge on any atom is -0.457 e. The lowest BCUT2D eigenvalue weighted by atomic mass is 9.96. The van der Waals surface area contributed by atoms with E-state index in [1.807, 2.05) is 85.8 Å². The molecule has 1 fully saturated rings. The highest BCUT2D eigenvalue weighted by Gasteiger charge is 2.40. The first-order valence-electron chi connectivity index (χ1n) is 12.2. The Balaban J connectivity index is 1.49. The fourth-order valence-corrected chi connectivity index (χ4v) is 4.36. The molecule has 1 aliphatic rings. The van der Waals surface area contributed by atoms with Gasteiger partial charge in [-0.15, -0.1) is 0 Å². The predicted molar refractivity (Wildman–Crippen MR) is 137 cm³/mol. The van der Waals surface area contributed by atoms with Crippen molar-refractivity contribution in [3.05, 3.63) is 95.6 Å². The van der Waals surface area contributed by atoms with Crippen LogP contribution in [0.2, 0.25) is 0 Å². The molecule has 3 N–H and O–H groups in total. The van der Waals surface area contributed by atoms with Crippen LogP contribution in [0.5, 0.6) is 11.5 Å². The van der Waals surface area contributed by atoms with Gasteiger partial charge in [-0.25, -0.2) is 0 Å². The molecule has 3 aromatic rings. The summed E-state index contributed by atoms with van der Waals surface area (Å²) in [6.07, 6.45) is 2.69. The van der Waals surface area contributed by atoms with E-state index in [4.69, 9.17) is 10.5 Å². The minimum absolute atomic E-state index is 0.0486. The highest BCUT2D eigenvalue weighted by Crippen LogP contribution is 2.24. The molecule has 2 atom stereocenters. The number of hydrogen-bond acceptors (Lipinski definition) is 4. The largest absolute Gasteiger partial charge is 0.457 e. The van der Waals surface area contributed by atoms with Crippen molar-refractivity contribution in [2.24, 2.45) is 5.73 Å². The number of ether oxygens (including phenoxy) is 1. The van der Waals surface area contributed by atoms with Gasteiger partial charge in [0.05, 0.1) is 0 Å². The standard InChI is InChI=1S/C29H33N3O3/c1-21-10-12-22(13-11-21)19-26-29(34)32(27(28(33)31-26)9-5-6-18-30)20-23-14-16-25(17-15-23)35-24-7-3-2-4-8-24/h2-4,7-8,10-17,26-27H,5-6,9,18-20,30H2,1H3,(H,31,33)/t26-,27-/m0/s1. The van der Waals surface area contributed by atoms with Gasteiger partial charge in [-0.3, -0.25) is 9.59 Å². The van der Waals surface area contributed by atoms with E-state index in [1.165, 1.54) is 0 Å². The fraction of sp³-hybridized carbons (Fsp3) is 0.310. The van der Waals surface area contributed by atoms with E-state index in [0.29, 0.717) is 25.9 Å². The van der Waals surface area contributed by atoms with Crippen LogP contribution < -0.4 is 15.8 Å². The van der Waals surface area contributed by atoms with Crippen LogP contribution in [-0.2, 0) is 22.6 Å². The zero-order valence-corrected chi connectivity index (χ0v) is 20.2.